The maximum Gasteiger partial charge on any atom is 0.187 e. The standard InChI is InChI=1S/C15H11N5/c1-10-12-14(19-20-9-5-8-16-15(12)20)18-13(17-10)11-6-3-2-4-7-11/h2-9H,1H3. The number of fused-ring (bicyclic) bond motifs is 3. The maximum atomic E-state index is 4.59. The highest BCUT2D eigenvalue weighted by atomic mass is 15.3. The van der Waals surface area contributed by atoms with Crippen molar-refractivity contribution < 1.29 is 0 Å². The van der Waals surface area contributed by atoms with Crippen molar-refractivity contribution >= 4 is 16.7 Å². The first-order chi connectivity index (χ1) is 9.83. The van der Waals surface area contributed by atoms with Gasteiger partial charge in [0.1, 0.15) is 0 Å². The summed E-state index contributed by atoms with van der Waals surface area (Å²) in [7, 11) is 0. The molecule has 0 saturated heterocycles. The third kappa shape index (κ3) is 1.56. The largest absolute Gasteiger partial charge is 0.236 e. The smallest absolute Gasteiger partial charge is 0.187 e. The van der Waals surface area contributed by atoms with Crippen LogP contribution in [0.15, 0.2) is 48.8 Å². The Bertz CT molecular complexity index is 912. The Balaban J connectivity index is 2.06. The first-order valence-corrected chi connectivity index (χ1v) is 6.36. The number of aryl methyl sites for hydroxylation is 1. The lowest BCUT2D eigenvalue weighted by atomic mass is 10.2. The predicted octanol–water partition coefficient (Wildman–Crippen LogP) is 2.65. The van der Waals surface area contributed by atoms with Crippen LogP contribution in [0.5, 0.6) is 0 Å². The SMILES string of the molecule is Cc1nc(-c2ccccc2)nc2nn3cccnc3c12. The Morgan fingerprint density at radius 2 is 1.85 bits per heavy atom. The second-order valence-corrected chi connectivity index (χ2v) is 4.59. The summed E-state index contributed by atoms with van der Waals surface area (Å²) in [6.45, 7) is 1.97. The third-order valence-corrected chi connectivity index (χ3v) is 3.26. The molecule has 0 radical (unpaired) electrons. The van der Waals surface area contributed by atoms with Gasteiger partial charge < -0.3 is 0 Å². The summed E-state index contributed by atoms with van der Waals surface area (Å²) in [4.78, 5) is 13.5. The summed E-state index contributed by atoms with van der Waals surface area (Å²) in [6.07, 6.45) is 3.62. The van der Waals surface area contributed by atoms with Crippen LogP contribution in [-0.4, -0.2) is 24.6 Å². The van der Waals surface area contributed by atoms with Gasteiger partial charge in [0.05, 0.1) is 11.1 Å². The van der Waals surface area contributed by atoms with Crippen LogP contribution in [0.2, 0.25) is 0 Å². The van der Waals surface area contributed by atoms with Gasteiger partial charge >= 0.3 is 0 Å². The van der Waals surface area contributed by atoms with Gasteiger partial charge in [0.25, 0.3) is 0 Å². The molecule has 4 aromatic rings. The molecule has 0 fully saturated rings. The fraction of sp³-hybridized carbons (Fsp3) is 0.0667. The van der Waals surface area contributed by atoms with Crippen molar-refractivity contribution in [1.29, 1.82) is 0 Å². The van der Waals surface area contributed by atoms with E-state index >= 15 is 0 Å². The van der Waals surface area contributed by atoms with E-state index in [-0.39, 0.29) is 0 Å². The number of benzene rings is 1. The van der Waals surface area contributed by atoms with E-state index in [1.807, 2.05) is 49.5 Å². The van der Waals surface area contributed by atoms with Crippen LogP contribution < -0.4 is 0 Å². The van der Waals surface area contributed by atoms with E-state index in [2.05, 4.69) is 20.1 Å². The van der Waals surface area contributed by atoms with Crippen LogP contribution in [0.1, 0.15) is 5.69 Å². The van der Waals surface area contributed by atoms with Crippen LogP contribution >= 0.6 is 0 Å². The van der Waals surface area contributed by atoms with E-state index in [0.717, 1.165) is 22.3 Å². The van der Waals surface area contributed by atoms with E-state index in [1.165, 1.54) is 0 Å². The Morgan fingerprint density at radius 1 is 1.00 bits per heavy atom. The fourth-order valence-electron chi connectivity index (χ4n) is 2.33. The van der Waals surface area contributed by atoms with Gasteiger partial charge in [-0.3, -0.25) is 0 Å². The first kappa shape index (κ1) is 11.0. The Labute approximate surface area is 115 Å². The maximum absolute atomic E-state index is 4.59. The van der Waals surface area contributed by atoms with Crippen LogP contribution in [-0.2, 0) is 0 Å². The van der Waals surface area contributed by atoms with Crippen molar-refractivity contribution in [2.75, 3.05) is 0 Å². The van der Waals surface area contributed by atoms with E-state index in [0.29, 0.717) is 11.5 Å². The zero-order valence-corrected chi connectivity index (χ0v) is 10.9. The molecule has 4 rings (SSSR count). The molecule has 5 heteroatoms. The zero-order chi connectivity index (χ0) is 13.5. The molecule has 96 valence electrons. The molecule has 0 N–H and O–H groups in total. The molecule has 0 bridgehead atoms. The van der Waals surface area contributed by atoms with Gasteiger partial charge in [0.2, 0.25) is 0 Å². The highest BCUT2D eigenvalue weighted by Crippen LogP contribution is 2.22. The number of rotatable bonds is 1. The number of nitrogens with zero attached hydrogens (tertiary/aromatic N) is 5. The molecule has 0 aliphatic carbocycles. The summed E-state index contributed by atoms with van der Waals surface area (Å²) >= 11 is 0. The molecular weight excluding hydrogens is 250 g/mol. The minimum Gasteiger partial charge on any atom is -0.236 e. The summed E-state index contributed by atoms with van der Waals surface area (Å²) in [5.41, 5.74) is 3.35. The molecule has 3 heterocycles. The van der Waals surface area contributed by atoms with Crippen molar-refractivity contribution in [3.63, 3.8) is 0 Å². The minimum atomic E-state index is 0.676. The number of hydrogen-bond acceptors (Lipinski definition) is 4. The summed E-state index contributed by atoms with van der Waals surface area (Å²) in [5.74, 6) is 0.694. The van der Waals surface area contributed by atoms with E-state index in [9.17, 15) is 0 Å². The second kappa shape index (κ2) is 4.09. The van der Waals surface area contributed by atoms with Crippen molar-refractivity contribution in [3.05, 3.63) is 54.5 Å². The lowest BCUT2D eigenvalue weighted by Crippen LogP contribution is -1.93. The molecule has 5 nitrogen and oxygen atoms in total. The zero-order valence-electron chi connectivity index (χ0n) is 10.9. The molecule has 0 spiro atoms. The topological polar surface area (TPSA) is 56.0 Å². The highest BCUT2D eigenvalue weighted by molar-refractivity contribution is 5.92. The first-order valence-electron chi connectivity index (χ1n) is 6.36. The van der Waals surface area contributed by atoms with Gasteiger partial charge in [-0.05, 0) is 13.0 Å². The molecule has 0 aliphatic rings. The van der Waals surface area contributed by atoms with Crippen molar-refractivity contribution in [2.45, 2.75) is 6.92 Å². The lowest BCUT2D eigenvalue weighted by molar-refractivity contribution is 0.947. The Hall–Kier alpha value is -2.82. The summed E-state index contributed by atoms with van der Waals surface area (Å²) in [6, 6.07) is 11.8. The average Bonchev–Trinajstić information content (AvgIpc) is 2.87. The molecular formula is C15H11N5. The third-order valence-electron chi connectivity index (χ3n) is 3.26. The van der Waals surface area contributed by atoms with E-state index < -0.39 is 0 Å². The Morgan fingerprint density at radius 3 is 2.70 bits per heavy atom. The monoisotopic (exact) mass is 261 g/mol. The summed E-state index contributed by atoms with van der Waals surface area (Å²) in [5, 5.41) is 5.37. The van der Waals surface area contributed by atoms with Crippen LogP contribution in [0, 0.1) is 6.92 Å². The number of aromatic nitrogens is 5. The average molecular weight is 261 g/mol. The van der Waals surface area contributed by atoms with Crippen molar-refractivity contribution in [1.82, 2.24) is 24.6 Å². The lowest BCUT2D eigenvalue weighted by Gasteiger charge is -2.01. The van der Waals surface area contributed by atoms with Crippen molar-refractivity contribution in [2.24, 2.45) is 0 Å². The van der Waals surface area contributed by atoms with Gasteiger partial charge in [-0.2, -0.15) is 0 Å². The van der Waals surface area contributed by atoms with Gasteiger partial charge in [-0.1, -0.05) is 30.3 Å². The van der Waals surface area contributed by atoms with Crippen LogP contribution in [0.4, 0.5) is 0 Å². The van der Waals surface area contributed by atoms with Gasteiger partial charge in [0, 0.05) is 18.0 Å². The van der Waals surface area contributed by atoms with E-state index in [1.54, 1.807) is 10.7 Å². The van der Waals surface area contributed by atoms with Gasteiger partial charge in [-0.25, -0.2) is 19.5 Å². The molecule has 0 atom stereocenters. The predicted molar refractivity (Wildman–Crippen MR) is 76.3 cm³/mol. The normalized spacial score (nSPS) is 11.2. The molecule has 20 heavy (non-hydrogen) atoms. The van der Waals surface area contributed by atoms with Crippen LogP contribution in [0.3, 0.4) is 0 Å². The Kier molecular flexibility index (Phi) is 2.26. The van der Waals surface area contributed by atoms with Crippen molar-refractivity contribution in [3.8, 4) is 11.4 Å². The van der Waals surface area contributed by atoms with Gasteiger partial charge in [0.15, 0.2) is 17.1 Å². The second-order valence-electron chi connectivity index (χ2n) is 4.59. The fourth-order valence-corrected chi connectivity index (χ4v) is 2.33. The molecule has 3 aromatic heterocycles. The summed E-state index contributed by atoms with van der Waals surface area (Å²) < 4.78 is 1.74. The molecule has 0 amide bonds. The van der Waals surface area contributed by atoms with Crippen LogP contribution in [0.25, 0.3) is 28.1 Å². The van der Waals surface area contributed by atoms with E-state index in [4.69, 9.17) is 0 Å². The van der Waals surface area contributed by atoms with Gasteiger partial charge in [-0.15, -0.1) is 5.10 Å². The quantitative estimate of drug-likeness (QED) is 0.528. The molecule has 0 unspecified atom stereocenters. The highest BCUT2D eigenvalue weighted by Gasteiger charge is 2.13. The molecule has 0 saturated carbocycles. The number of hydrogen-bond donors (Lipinski definition) is 0. The molecule has 0 aliphatic heterocycles. The molecule has 1 aromatic carbocycles. The minimum absolute atomic E-state index is 0.676.